The monoisotopic (exact) mass is 239 g/mol. The van der Waals surface area contributed by atoms with Crippen molar-refractivity contribution in [3.8, 4) is 0 Å². The van der Waals surface area contributed by atoms with Crippen LogP contribution in [0.4, 0.5) is 0 Å². The van der Waals surface area contributed by atoms with Crippen molar-refractivity contribution < 1.29 is 4.74 Å². The fraction of sp³-hybridized carbons (Fsp3) is 0.455. The van der Waals surface area contributed by atoms with E-state index < -0.39 is 0 Å². The van der Waals surface area contributed by atoms with Gasteiger partial charge in [0, 0.05) is 26.5 Å². The van der Waals surface area contributed by atoms with Gasteiger partial charge in [-0.1, -0.05) is 6.07 Å². The van der Waals surface area contributed by atoms with Gasteiger partial charge >= 0.3 is 0 Å². The van der Waals surface area contributed by atoms with Gasteiger partial charge in [-0.25, -0.2) is 0 Å². The fourth-order valence-corrected chi connectivity index (χ4v) is 1.33. The van der Waals surface area contributed by atoms with Crippen molar-refractivity contribution in [3.63, 3.8) is 0 Å². The van der Waals surface area contributed by atoms with Crippen molar-refractivity contribution >= 4 is 17.3 Å². The van der Waals surface area contributed by atoms with Crippen LogP contribution in [0.1, 0.15) is 12.1 Å². The molecule has 88 valence electrons. The second-order valence-electron chi connectivity index (χ2n) is 3.28. The Hall–Kier alpha value is -1.20. The molecule has 0 aliphatic rings. The van der Waals surface area contributed by atoms with E-state index in [-0.39, 0.29) is 0 Å². The van der Waals surface area contributed by atoms with Crippen molar-refractivity contribution in [2.45, 2.75) is 13.0 Å². The first kappa shape index (κ1) is 12.9. The Kier molecular flexibility index (Phi) is 6.44. The zero-order chi connectivity index (χ0) is 11.6. The Labute approximate surface area is 101 Å². The zero-order valence-electron chi connectivity index (χ0n) is 9.40. The maximum atomic E-state index is 5.11. The van der Waals surface area contributed by atoms with E-state index in [1.165, 1.54) is 0 Å². The lowest BCUT2D eigenvalue weighted by molar-refractivity contribution is 0.195. The van der Waals surface area contributed by atoms with Crippen molar-refractivity contribution in [2.24, 2.45) is 0 Å². The van der Waals surface area contributed by atoms with Gasteiger partial charge in [-0.15, -0.1) is 0 Å². The molecule has 1 aromatic heterocycles. The first-order chi connectivity index (χ1) is 7.83. The minimum absolute atomic E-state index is 0.650. The van der Waals surface area contributed by atoms with Gasteiger partial charge in [0.25, 0.3) is 0 Å². The van der Waals surface area contributed by atoms with Gasteiger partial charge in [0.05, 0.1) is 12.2 Å². The molecule has 1 rings (SSSR count). The second-order valence-corrected chi connectivity index (χ2v) is 3.69. The molecule has 0 bridgehead atoms. The summed E-state index contributed by atoms with van der Waals surface area (Å²) in [4.78, 5) is 4.19. The molecule has 0 aliphatic heterocycles. The number of nitrogens with one attached hydrogen (secondary N) is 2. The van der Waals surface area contributed by atoms with Gasteiger partial charge in [0.15, 0.2) is 5.11 Å². The third-order valence-corrected chi connectivity index (χ3v) is 2.26. The van der Waals surface area contributed by atoms with Gasteiger partial charge < -0.3 is 15.4 Å². The molecule has 0 spiro atoms. The molecule has 0 amide bonds. The Morgan fingerprint density at radius 3 is 3.00 bits per heavy atom. The highest BCUT2D eigenvalue weighted by Gasteiger charge is 1.96. The molecule has 4 nitrogen and oxygen atoms in total. The summed E-state index contributed by atoms with van der Waals surface area (Å²) in [5.41, 5.74) is 0.976. The summed E-state index contributed by atoms with van der Waals surface area (Å²) in [6.07, 6.45) is 2.72. The number of ether oxygens (including phenoxy) is 1. The Balaban J connectivity index is 2.11. The van der Waals surface area contributed by atoms with E-state index in [0.717, 1.165) is 25.3 Å². The molecule has 16 heavy (non-hydrogen) atoms. The van der Waals surface area contributed by atoms with E-state index in [1.54, 1.807) is 13.3 Å². The van der Waals surface area contributed by atoms with Gasteiger partial charge in [-0.05, 0) is 30.8 Å². The lowest BCUT2D eigenvalue weighted by Crippen LogP contribution is -2.35. The molecule has 0 fully saturated rings. The third-order valence-electron chi connectivity index (χ3n) is 1.97. The molecular formula is C11H17N3OS. The van der Waals surface area contributed by atoms with Crippen LogP contribution < -0.4 is 10.6 Å². The van der Waals surface area contributed by atoms with Crippen LogP contribution in [-0.2, 0) is 11.3 Å². The highest BCUT2D eigenvalue weighted by Crippen LogP contribution is 1.91. The van der Waals surface area contributed by atoms with E-state index in [4.69, 9.17) is 17.0 Å². The predicted octanol–water partition coefficient (Wildman–Crippen LogP) is 1.08. The highest BCUT2D eigenvalue weighted by molar-refractivity contribution is 7.80. The maximum absolute atomic E-state index is 5.11. The second kappa shape index (κ2) is 8.01. The molecule has 1 heterocycles. The summed E-state index contributed by atoms with van der Waals surface area (Å²) in [6.45, 7) is 2.22. The SMILES string of the molecule is COCCCNC(=S)NCc1ccccn1. The minimum Gasteiger partial charge on any atom is -0.385 e. The molecule has 2 N–H and O–H groups in total. The van der Waals surface area contributed by atoms with Crippen LogP contribution in [0, 0.1) is 0 Å². The summed E-state index contributed by atoms with van der Waals surface area (Å²) in [5.74, 6) is 0. The molecule has 0 unspecified atom stereocenters. The summed E-state index contributed by atoms with van der Waals surface area (Å²) >= 11 is 5.11. The first-order valence-electron chi connectivity index (χ1n) is 5.23. The van der Waals surface area contributed by atoms with E-state index in [1.807, 2.05) is 18.2 Å². The summed E-state index contributed by atoms with van der Waals surface area (Å²) in [5, 5.41) is 6.85. The van der Waals surface area contributed by atoms with Crippen molar-refractivity contribution in [2.75, 3.05) is 20.3 Å². The topological polar surface area (TPSA) is 46.2 Å². The molecule has 5 heteroatoms. The smallest absolute Gasteiger partial charge is 0.166 e. The largest absolute Gasteiger partial charge is 0.385 e. The quantitative estimate of drug-likeness (QED) is 0.574. The lowest BCUT2D eigenvalue weighted by Gasteiger charge is -2.09. The number of methoxy groups -OCH3 is 1. The van der Waals surface area contributed by atoms with E-state index in [0.29, 0.717) is 11.7 Å². The van der Waals surface area contributed by atoms with Crippen molar-refractivity contribution in [1.82, 2.24) is 15.6 Å². The average Bonchev–Trinajstić information content (AvgIpc) is 2.33. The van der Waals surface area contributed by atoms with Gasteiger partial charge in [0.1, 0.15) is 0 Å². The normalized spacial score (nSPS) is 9.81. The fourth-order valence-electron chi connectivity index (χ4n) is 1.15. The van der Waals surface area contributed by atoms with Gasteiger partial charge in [0.2, 0.25) is 0 Å². The van der Waals surface area contributed by atoms with Crippen LogP contribution in [0.3, 0.4) is 0 Å². The Morgan fingerprint density at radius 1 is 1.44 bits per heavy atom. The highest BCUT2D eigenvalue weighted by atomic mass is 32.1. The summed E-state index contributed by atoms with van der Waals surface area (Å²) < 4.78 is 4.94. The number of nitrogens with zero attached hydrogens (tertiary/aromatic N) is 1. The van der Waals surface area contributed by atoms with Crippen molar-refractivity contribution in [1.29, 1.82) is 0 Å². The third kappa shape index (κ3) is 5.63. The minimum atomic E-state index is 0.650. The molecule has 0 radical (unpaired) electrons. The number of pyridine rings is 1. The molecule has 0 atom stereocenters. The number of hydrogen-bond acceptors (Lipinski definition) is 3. The number of thiocarbonyl (C=S) groups is 1. The van der Waals surface area contributed by atoms with Crippen LogP contribution in [0.15, 0.2) is 24.4 Å². The Morgan fingerprint density at radius 2 is 2.31 bits per heavy atom. The standard InChI is InChI=1S/C11H17N3OS/c1-15-8-4-7-13-11(16)14-9-10-5-2-3-6-12-10/h2-3,5-6H,4,7-9H2,1H3,(H2,13,14,16). The van der Waals surface area contributed by atoms with Gasteiger partial charge in [-0.2, -0.15) is 0 Å². The molecule has 0 aliphatic carbocycles. The molecule has 0 saturated heterocycles. The van der Waals surface area contributed by atoms with Crippen LogP contribution in [0.25, 0.3) is 0 Å². The molecular weight excluding hydrogens is 222 g/mol. The lowest BCUT2D eigenvalue weighted by atomic mass is 10.3. The predicted molar refractivity (Wildman–Crippen MR) is 68.2 cm³/mol. The van der Waals surface area contributed by atoms with E-state index in [9.17, 15) is 0 Å². The Bertz CT molecular complexity index is 305. The van der Waals surface area contributed by atoms with Crippen molar-refractivity contribution in [3.05, 3.63) is 30.1 Å². The molecule has 0 saturated carbocycles. The molecule has 0 aromatic carbocycles. The van der Waals surface area contributed by atoms with E-state index in [2.05, 4.69) is 15.6 Å². The number of aromatic nitrogens is 1. The molecule has 1 aromatic rings. The summed E-state index contributed by atoms with van der Waals surface area (Å²) in [6, 6.07) is 5.81. The van der Waals surface area contributed by atoms with Crippen LogP contribution in [-0.4, -0.2) is 30.4 Å². The average molecular weight is 239 g/mol. The van der Waals surface area contributed by atoms with Crippen LogP contribution in [0.5, 0.6) is 0 Å². The summed E-state index contributed by atoms with van der Waals surface area (Å²) in [7, 11) is 1.69. The van der Waals surface area contributed by atoms with Crippen LogP contribution >= 0.6 is 12.2 Å². The van der Waals surface area contributed by atoms with E-state index >= 15 is 0 Å². The number of rotatable bonds is 6. The number of hydrogen-bond donors (Lipinski definition) is 2. The van der Waals surface area contributed by atoms with Crippen LogP contribution in [0.2, 0.25) is 0 Å². The first-order valence-corrected chi connectivity index (χ1v) is 5.64. The van der Waals surface area contributed by atoms with Gasteiger partial charge in [-0.3, -0.25) is 4.98 Å². The zero-order valence-corrected chi connectivity index (χ0v) is 10.2. The maximum Gasteiger partial charge on any atom is 0.166 e.